The van der Waals surface area contributed by atoms with E-state index in [1.165, 1.54) is 33.4 Å². The van der Waals surface area contributed by atoms with E-state index in [4.69, 9.17) is 23.2 Å². The van der Waals surface area contributed by atoms with E-state index < -0.39 is 0 Å². The molecule has 0 aliphatic heterocycles. The Morgan fingerprint density at radius 2 is 1.50 bits per heavy atom. The number of aryl methyl sites for hydroxylation is 1. The van der Waals surface area contributed by atoms with Gasteiger partial charge in [-0.2, -0.15) is 0 Å². The van der Waals surface area contributed by atoms with Crippen LogP contribution < -0.4 is 0 Å². The molecule has 0 spiro atoms. The highest BCUT2D eigenvalue weighted by Gasteiger charge is 2.16. The Hall–Kier alpha value is -1.50. The summed E-state index contributed by atoms with van der Waals surface area (Å²) in [7, 11) is 0. The van der Waals surface area contributed by atoms with Crippen molar-refractivity contribution in [3.8, 4) is 0 Å². The smallest absolute Gasteiger partial charge is 0.0598 e. The summed E-state index contributed by atoms with van der Waals surface area (Å²) in [6.07, 6.45) is 4.43. The minimum atomic E-state index is 0.605. The van der Waals surface area contributed by atoms with Crippen LogP contribution in [0.3, 0.4) is 0 Å². The zero-order chi connectivity index (χ0) is 15.7. The van der Waals surface area contributed by atoms with E-state index in [1.807, 2.05) is 12.1 Å². The van der Waals surface area contributed by atoms with Gasteiger partial charge in [0.15, 0.2) is 0 Å². The second-order valence-electron chi connectivity index (χ2n) is 5.75. The largest absolute Gasteiger partial charge is 0.0827 e. The van der Waals surface area contributed by atoms with Crippen LogP contribution in [0.25, 0.3) is 11.1 Å². The van der Waals surface area contributed by atoms with E-state index in [0.29, 0.717) is 10.0 Å². The zero-order valence-corrected chi connectivity index (χ0v) is 14.3. The summed E-state index contributed by atoms with van der Waals surface area (Å²) in [5.41, 5.74) is 7.74. The van der Waals surface area contributed by atoms with Crippen molar-refractivity contribution in [3.05, 3.63) is 80.8 Å². The van der Waals surface area contributed by atoms with Crippen molar-refractivity contribution in [2.45, 2.75) is 26.7 Å². The van der Waals surface area contributed by atoms with Gasteiger partial charge in [0, 0.05) is 0 Å². The summed E-state index contributed by atoms with van der Waals surface area (Å²) in [4.78, 5) is 0. The molecule has 1 aliphatic carbocycles. The van der Waals surface area contributed by atoms with Crippen molar-refractivity contribution in [3.63, 3.8) is 0 Å². The summed E-state index contributed by atoms with van der Waals surface area (Å²) in [6, 6.07) is 14.6. The fourth-order valence-electron chi connectivity index (χ4n) is 2.98. The monoisotopic (exact) mass is 328 g/mol. The predicted octanol–water partition coefficient (Wildman–Crippen LogP) is 6.95. The molecule has 0 amide bonds. The first-order valence-electron chi connectivity index (χ1n) is 7.49. The van der Waals surface area contributed by atoms with Gasteiger partial charge in [-0.15, -0.1) is 0 Å². The third-order valence-corrected chi connectivity index (χ3v) is 4.97. The van der Waals surface area contributed by atoms with E-state index in [0.717, 1.165) is 12.8 Å². The lowest BCUT2D eigenvalue weighted by molar-refractivity contribution is 1.04. The molecule has 2 heteroatoms. The molecule has 112 valence electrons. The maximum atomic E-state index is 6.18. The lowest BCUT2D eigenvalue weighted by Gasteiger charge is -2.21. The molecule has 2 aromatic carbocycles. The molecule has 0 heterocycles. The molecule has 0 fully saturated rings. The molecule has 0 atom stereocenters. The number of hydrogen-bond donors (Lipinski definition) is 0. The fraction of sp³-hybridized carbons (Fsp3) is 0.200. The number of halogens is 2. The quantitative estimate of drug-likeness (QED) is 0.559. The van der Waals surface area contributed by atoms with Gasteiger partial charge in [0.05, 0.1) is 10.0 Å². The predicted molar refractivity (Wildman–Crippen MR) is 97.4 cm³/mol. The van der Waals surface area contributed by atoms with Gasteiger partial charge in [-0.05, 0) is 66.7 Å². The van der Waals surface area contributed by atoms with E-state index >= 15 is 0 Å². The summed E-state index contributed by atoms with van der Waals surface area (Å²) < 4.78 is 0. The van der Waals surface area contributed by atoms with Crippen molar-refractivity contribution in [1.29, 1.82) is 0 Å². The average Bonchev–Trinajstić information content (AvgIpc) is 2.51. The minimum absolute atomic E-state index is 0.605. The molecule has 2 aromatic rings. The van der Waals surface area contributed by atoms with E-state index in [-0.39, 0.29) is 0 Å². The molecule has 0 saturated carbocycles. The summed E-state index contributed by atoms with van der Waals surface area (Å²) in [5.74, 6) is 0. The van der Waals surface area contributed by atoms with Crippen LogP contribution in [0.15, 0.2) is 54.1 Å². The van der Waals surface area contributed by atoms with Crippen LogP contribution in [0.2, 0.25) is 10.0 Å². The Morgan fingerprint density at radius 1 is 0.818 bits per heavy atom. The van der Waals surface area contributed by atoms with Gasteiger partial charge < -0.3 is 0 Å². The normalized spacial score (nSPS) is 15.0. The SMILES string of the molecule is CC1=C(c2ccc(Cl)c(Cl)c2)CCC=C1c1ccc(C)cc1. The lowest BCUT2D eigenvalue weighted by Crippen LogP contribution is -1.99. The molecule has 0 nitrogen and oxygen atoms in total. The highest BCUT2D eigenvalue weighted by molar-refractivity contribution is 6.42. The highest BCUT2D eigenvalue weighted by atomic mass is 35.5. The molecule has 0 aromatic heterocycles. The molecule has 0 saturated heterocycles. The molecule has 0 bridgehead atoms. The summed E-state index contributed by atoms with van der Waals surface area (Å²) in [5, 5.41) is 1.22. The first-order chi connectivity index (χ1) is 10.6. The first kappa shape index (κ1) is 15.4. The third-order valence-electron chi connectivity index (χ3n) is 4.23. The van der Waals surface area contributed by atoms with Crippen LogP contribution in [0.1, 0.15) is 36.5 Å². The Morgan fingerprint density at radius 3 is 2.18 bits per heavy atom. The number of benzene rings is 2. The maximum absolute atomic E-state index is 6.18. The molecule has 22 heavy (non-hydrogen) atoms. The highest BCUT2D eigenvalue weighted by Crippen LogP contribution is 2.38. The Kier molecular flexibility index (Phi) is 4.42. The van der Waals surface area contributed by atoms with Gasteiger partial charge in [0.25, 0.3) is 0 Å². The van der Waals surface area contributed by atoms with Gasteiger partial charge in [0.2, 0.25) is 0 Å². The Balaban J connectivity index is 2.04. The molecule has 1 aliphatic rings. The standard InChI is InChI=1S/C20H18Cl2/c1-13-6-8-15(9-7-13)17-4-3-5-18(14(17)2)16-10-11-19(21)20(22)12-16/h4,6-12H,3,5H2,1-2H3. The van der Waals surface area contributed by atoms with Gasteiger partial charge in [-0.1, -0.05) is 65.2 Å². The molecule has 0 N–H and O–H groups in total. The minimum Gasteiger partial charge on any atom is -0.0827 e. The Bertz CT molecular complexity index is 765. The van der Waals surface area contributed by atoms with Crippen LogP contribution in [-0.2, 0) is 0 Å². The molecule has 3 rings (SSSR count). The topological polar surface area (TPSA) is 0 Å². The van der Waals surface area contributed by atoms with Crippen molar-refractivity contribution in [1.82, 2.24) is 0 Å². The van der Waals surface area contributed by atoms with Gasteiger partial charge >= 0.3 is 0 Å². The van der Waals surface area contributed by atoms with Crippen LogP contribution in [-0.4, -0.2) is 0 Å². The second kappa shape index (κ2) is 6.32. The average molecular weight is 329 g/mol. The zero-order valence-electron chi connectivity index (χ0n) is 12.8. The van der Waals surface area contributed by atoms with Crippen molar-refractivity contribution in [2.75, 3.05) is 0 Å². The lowest BCUT2D eigenvalue weighted by atomic mass is 9.84. The first-order valence-corrected chi connectivity index (χ1v) is 8.24. The van der Waals surface area contributed by atoms with Gasteiger partial charge in [-0.25, -0.2) is 0 Å². The van der Waals surface area contributed by atoms with E-state index in [2.05, 4.69) is 50.3 Å². The second-order valence-corrected chi connectivity index (χ2v) is 6.57. The van der Waals surface area contributed by atoms with Gasteiger partial charge in [-0.3, -0.25) is 0 Å². The number of rotatable bonds is 2. The van der Waals surface area contributed by atoms with Crippen LogP contribution >= 0.6 is 23.2 Å². The fourth-order valence-corrected chi connectivity index (χ4v) is 3.27. The van der Waals surface area contributed by atoms with E-state index in [9.17, 15) is 0 Å². The Labute approximate surface area is 142 Å². The third kappa shape index (κ3) is 2.99. The molecular weight excluding hydrogens is 311 g/mol. The van der Waals surface area contributed by atoms with Gasteiger partial charge in [0.1, 0.15) is 0 Å². The summed E-state index contributed by atoms with van der Waals surface area (Å²) >= 11 is 12.2. The van der Waals surface area contributed by atoms with Crippen LogP contribution in [0.5, 0.6) is 0 Å². The molecule has 0 radical (unpaired) electrons. The van der Waals surface area contributed by atoms with Crippen molar-refractivity contribution in [2.24, 2.45) is 0 Å². The number of allylic oxidation sites excluding steroid dienone is 4. The molecular formula is C20H18Cl2. The van der Waals surface area contributed by atoms with E-state index in [1.54, 1.807) is 0 Å². The van der Waals surface area contributed by atoms with Crippen LogP contribution in [0, 0.1) is 6.92 Å². The van der Waals surface area contributed by atoms with Crippen molar-refractivity contribution >= 4 is 34.3 Å². The van der Waals surface area contributed by atoms with Crippen LogP contribution in [0.4, 0.5) is 0 Å². The summed E-state index contributed by atoms with van der Waals surface area (Å²) in [6.45, 7) is 4.31. The number of hydrogen-bond acceptors (Lipinski definition) is 0. The van der Waals surface area contributed by atoms with Crippen molar-refractivity contribution < 1.29 is 0 Å². The maximum Gasteiger partial charge on any atom is 0.0598 e. The molecule has 0 unspecified atom stereocenters.